The number of rotatable bonds is 8. The van der Waals surface area contributed by atoms with Gasteiger partial charge >= 0.3 is 6.09 Å². The van der Waals surface area contributed by atoms with Gasteiger partial charge in [-0.25, -0.2) is 14.2 Å². The highest BCUT2D eigenvalue weighted by molar-refractivity contribution is 5.73. The zero-order valence-corrected chi connectivity index (χ0v) is 24.2. The van der Waals surface area contributed by atoms with Gasteiger partial charge in [-0.15, -0.1) is 0 Å². The summed E-state index contributed by atoms with van der Waals surface area (Å²) in [5, 5.41) is 3.53. The van der Waals surface area contributed by atoms with Crippen molar-refractivity contribution in [2.45, 2.75) is 32.0 Å². The Morgan fingerprint density at radius 1 is 0.837 bits per heavy atom. The number of halogens is 1. The molecule has 9 heteroatoms. The number of benzene rings is 2. The van der Waals surface area contributed by atoms with Crippen LogP contribution in [0.1, 0.15) is 24.0 Å². The Morgan fingerprint density at radius 3 is 2.33 bits per heavy atom. The van der Waals surface area contributed by atoms with Crippen LogP contribution in [0, 0.1) is 5.82 Å². The summed E-state index contributed by atoms with van der Waals surface area (Å²) in [5.74, 6) is 0.736. The van der Waals surface area contributed by atoms with Crippen LogP contribution in [0.25, 0.3) is 11.3 Å². The van der Waals surface area contributed by atoms with Crippen LogP contribution in [0.5, 0.6) is 0 Å². The second-order valence-corrected chi connectivity index (χ2v) is 11.1. The highest BCUT2D eigenvalue weighted by Gasteiger charge is 2.24. The van der Waals surface area contributed by atoms with Gasteiger partial charge in [0.15, 0.2) is 0 Å². The van der Waals surface area contributed by atoms with Gasteiger partial charge in [0.2, 0.25) is 0 Å². The van der Waals surface area contributed by atoms with Crippen LogP contribution in [0.3, 0.4) is 0 Å². The Bertz CT molecular complexity index is 1470. The molecule has 0 radical (unpaired) electrons. The number of pyridine rings is 2. The van der Waals surface area contributed by atoms with E-state index in [0.29, 0.717) is 25.7 Å². The quantitative estimate of drug-likeness (QED) is 0.282. The normalized spacial score (nSPS) is 16.2. The molecule has 1 N–H and O–H groups in total. The summed E-state index contributed by atoms with van der Waals surface area (Å²) >= 11 is 0. The molecule has 2 aliphatic heterocycles. The van der Waals surface area contributed by atoms with Crippen molar-refractivity contribution in [1.29, 1.82) is 0 Å². The van der Waals surface area contributed by atoms with Crippen LogP contribution in [0.15, 0.2) is 91.3 Å². The van der Waals surface area contributed by atoms with E-state index in [0.717, 1.165) is 79.5 Å². The fourth-order valence-electron chi connectivity index (χ4n) is 5.70. The molecule has 6 rings (SSSR count). The van der Waals surface area contributed by atoms with Crippen molar-refractivity contribution in [3.8, 4) is 11.3 Å². The van der Waals surface area contributed by atoms with Gasteiger partial charge in [-0.05, 0) is 66.4 Å². The van der Waals surface area contributed by atoms with E-state index in [4.69, 9.17) is 14.7 Å². The van der Waals surface area contributed by atoms with Crippen LogP contribution < -0.4 is 10.2 Å². The summed E-state index contributed by atoms with van der Waals surface area (Å²) in [6.07, 6.45) is 5.48. The molecule has 2 fully saturated rings. The molecule has 4 heterocycles. The third-order valence-electron chi connectivity index (χ3n) is 8.14. The van der Waals surface area contributed by atoms with E-state index in [1.54, 1.807) is 17.0 Å². The predicted molar refractivity (Wildman–Crippen MR) is 166 cm³/mol. The maximum absolute atomic E-state index is 13.2. The molecular formula is C34H37FN6O2. The number of aromatic nitrogens is 2. The van der Waals surface area contributed by atoms with Gasteiger partial charge in [0.05, 0.1) is 5.69 Å². The van der Waals surface area contributed by atoms with E-state index in [1.807, 2.05) is 48.8 Å². The zero-order chi connectivity index (χ0) is 29.4. The Labute approximate surface area is 252 Å². The molecule has 2 saturated heterocycles. The number of amides is 1. The van der Waals surface area contributed by atoms with E-state index in [2.05, 4.69) is 33.3 Å². The molecule has 8 nitrogen and oxygen atoms in total. The number of hydrogen-bond donors (Lipinski definition) is 1. The molecular weight excluding hydrogens is 543 g/mol. The molecule has 0 atom stereocenters. The summed E-state index contributed by atoms with van der Waals surface area (Å²) in [6, 6.07) is 24.9. The van der Waals surface area contributed by atoms with Crippen LogP contribution in [-0.4, -0.2) is 71.2 Å². The first-order valence-electron chi connectivity index (χ1n) is 15.0. The fourth-order valence-corrected chi connectivity index (χ4v) is 5.70. The molecule has 1 amide bonds. The van der Waals surface area contributed by atoms with Gasteiger partial charge in [0.1, 0.15) is 18.2 Å². The maximum atomic E-state index is 13.2. The van der Waals surface area contributed by atoms with Gasteiger partial charge in [-0.1, -0.05) is 36.4 Å². The smallest absolute Gasteiger partial charge is 0.410 e. The molecule has 0 unspecified atom stereocenters. The second kappa shape index (κ2) is 13.6. The minimum Gasteiger partial charge on any atom is -0.445 e. The van der Waals surface area contributed by atoms with Crippen molar-refractivity contribution in [1.82, 2.24) is 19.8 Å². The average Bonchev–Trinajstić information content (AvgIpc) is 3.06. The number of nitrogens with one attached hydrogen (secondary N) is 1. The average molecular weight is 581 g/mol. The summed E-state index contributed by atoms with van der Waals surface area (Å²) in [5.41, 5.74) is 5.02. The lowest BCUT2D eigenvalue weighted by Crippen LogP contribution is -2.48. The fraction of sp³-hybridized carbons (Fsp3) is 0.324. The first kappa shape index (κ1) is 28.6. The van der Waals surface area contributed by atoms with Gasteiger partial charge in [0, 0.05) is 75.5 Å². The summed E-state index contributed by atoms with van der Waals surface area (Å²) < 4.78 is 18.7. The molecule has 2 aliphatic rings. The van der Waals surface area contributed by atoms with E-state index in [9.17, 15) is 9.18 Å². The number of ether oxygens (including phenoxy) is 1. The number of carbonyl (C=O) groups excluding carboxylic acids is 1. The lowest BCUT2D eigenvalue weighted by molar-refractivity contribution is 0.0700. The Kier molecular flexibility index (Phi) is 9.08. The van der Waals surface area contributed by atoms with Crippen molar-refractivity contribution in [3.63, 3.8) is 0 Å². The number of piperidine rings is 1. The van der Waals surface area contributed by atoms with Crippen molar-refractivity contribution in [2.24, 2.45) is 0 Å². The lowest BCUT2D eigenvalue weighted by atomic mass is 10.0. The molecule has 2 aromatic carbocycles. The standard InChI is InChI=1S/C34H37FN6O2/c35-28-9-11-29(12-10-28)38-30-14-17-40(18-15-30)33-31(7-4-16-36-33)32-13-8-27(23-37-32)24-39-19-21-41(22-20-39)34(42)43-25-26-5-2-1-3-6-26/h1-13,16,23,30,38H,14-15,17-22,24-25H2. The third-order valence-corrected chi connectivity index (χ3v) is 8.14. The summed E-state index contributed by atoms with van der Waals surface area (Å²) in [6.45, 7) is 5.72. The highest BCUT2D eigenvalue weighted by atomic mass is 19.1. The molecule has 43 heavy (non-hydrogen) atoms. The van der Waals surface area contributed by atoms with Crippen LogP contribution in [0.2, 0.25) is 0 Å². The number of hydrogen-bond acceptors (Lipinski definition) is 7. The zero-order valence-electron chi connectivity index (χ0n) is 24.2. The lowest BCUT2D eigenvalue weighted by Gasteiger charge is -2.34. The van der Waals surface area contributed by atoms with E-state index in [1.165, 1.54) is 12.1 Å². The third kappa shape index (κ3) is 7.48. The second-order valence-electron chi connectivity index (χ2n) is 11.1. The van der Waals surface area contributed by atoms with Gasteiger partial charge in [0.25, 0.3) is 0 Å². The summed E-state index contributed by atoms with van der Waals surface area (Å²) in [4.78, 5) is 28.5. The first-order valence-corrected chi connectivity index (χ1v) is 15.0. The molecule has 0 aliphatic carbocycles. The van der Waals surface area contributed by atoms with E-state index >= 15 is 0 Å². The van der Waals surface area contributed by atoms with Crippen LogP contribution in [0.4, 0.5) is 20.7 Å². The number of carbonyl (C=O) groups is 1. The Hall–Kier alpha value is -4.50. The van der Waals surface area contributed by atoms with Gasteiger partial charge < -0.3 is 19.9 Å². The van der Waals surface area contributed by atoms with E-state index in [-0.39, 0.29) is 11.9 Å². The van der Waals surface area contributed by atoms with Gasteiger partial charge in [-0.2, -0.15) is 0 Å². The number of anilines is 2. The molecule has 222 valence electrons. The minimum absolute atomic E-state index is 0.221. The largest absolute Gasteiger partial charge is 0.445 e. The molecule has 0 bridgehead atoms. The van der Waals surface area contributed by atoms with Crippen LogP contribution >= 0.6 is 0 Å². The summed E-state index contributed by atoms with van der Waals surface area (Å²) in [7, 11) is 0. The van der Waals surface area contributed by atoms with Crippen molar-refractivity contribution in [3.05, 3.63) is 108 Å². The van der Waals surface area contributed by atoms with Gasteiger partial charge in [-0.3, -0.25) is 9.88 Å². The highest BCUT2D eigenvalue weighted by Crippen LogP contribution is 2.30. The monoisotopic (exact) mass is 580 g/mol. The first-order chi connectivity index (χ1) is 21.1. The van der Waals surface area contributed by atoms with Crippen LogP contribution in [-0.2, 0) is 17.9 Å². The topological polar surface area (TPSA) is 73.8 Å². The van der Waals surface area contributed by atoms with Crippen molar-refractivity contribution < 1.29 is 13.9 Å². The number of piperazine rings is 1. The maximum Gasteiger partial charge on any atom is 0.410 e. The van der Waals surface area contributed by atoms with Crippen molar-refractivity contribution in [2.75, 3.05) is 49.5 Å². The van der Waals surface area contributed by atoms with E-state index < -0.39 is 0 Å². The SMILES string of the molecule is O=C(OCc1ccccc1)N1CCN(Cc2ccc(-c3cccnc3N3CCC(Nc4ccc(F)cc4)CC3)nc2)CC1. The molecule has 4 aromatic rings. The molecule has 0 saturated carbocycles. The molecule has 0 spiro atoms. The Morgan fingerprint density at radius 2 is 1.60 bits per heavy atom. The minimum atomic E-state index is -0.254. The number of nitrogens with zero attached hydrogens (tertiary/aromatic N) is 5. The Balaban J connectivity index is 0.995. The van der Waals surface area contributed by atoms with Crippen molar-refractivity contribution >= 4 is 17.6 Å². The predicted octanol–water partition coefficient (Wildman–Crippen LogP) is 5.82. The molecule has 2 aromatic heterocycles.